The van der Waals surface area contributed by atoms with Crippen molar-refractivity contribution in [1.29, 1.82) is 0 Å². The normalized spacial score (nSPS) is 12.2. The lowest BCUT2D eigenvalue weighted by molar-refractivity contribution is -0.121. The largest absolute Gasteiger partial charge is 0.454 e. The van der Waals surface area contributed by atoms with E-state index in [1.165, 1.54) is 0 Å². The monoisotopic (exact) mass is 322 g/mol. The lowest BCUT2D eigenvalue weighted by Crippen LogP contribution is -2.37. The van der Waals surface area contributed by atoms with E-state index in [-0.39, 0.29) is 12.7 Å². The zero-order valence-electron chi connectivity index (χ0n) is 13.1. The molecule has 5 heteroatoms. The summed E-state index contributed by atoms with van der Waals surface area (Å²) in [4.78, 5) is 11.8. The van der Waals surface area contributed by atoms with Gasteiger partial charge in [0.25, 0.3) is 0 Å². The molecule has 24 heavy (non-hydrogen) atoms. The van der Waals surface area contributed by atoms with Crippen LogP contribution in [0.1, 0.15) is 11.1 Å². The van der Waals surface area contributed by atoms with Gasteiger partial charge in [-0.05, 0) is 29.3 Å². The number of rotatable bonds is 6. The zero-order valence-corrected chi connectivity index (χ0v) is 13.1. The molecule has 2 N–H and O–H groups in total. The van der Waals surface area contributed by atoms with Crippen molar-refractivity contribution in [2.45, 2.75) is 6.42 Å². The second kappa shape index (κ2) is 7.37. The molecule has 0 aromatic heterocycles. The maximum Gasteiger partial charge on any atom is 0.242 e. The van der Waals surface area contributed by atoms with Gasteiger partial charge in [-0.1, -0.05) is 49.1 Å². The highest BCUT2D eigenvalue weighted by atomic mass is 16.7. The van der Waals surface area contributed by atoms with Crippen LogP contribution in [0, 0.1) is 0 Å². The van der Waals surface area contributed by atoms with Crippen LogP contribution >= 0.6 is 0 Å². The van der Waals surface area contributed by atoms with Gasteiger partial charge in [0.1, 0.15) is 0 Å². The third kappa shape index (κ3) is 4.16. The number of benzene rings is 2. The van der Waals surface area contributed by atoms with E-state index in [0.717, 1.165) is 22.6 Å². The molecule has 1 heterocycles. The van der Waals surface area contributed by atoms with E-state index in [1.807, 2.05) is 54.6 Å². The number of nitrogens with one attached hydrogen (secondary N) is 2. The van der Waals surface area contributed by atoms with E-state index in [0.29, 0.717) is 12.1 Å². The molecule has 0 unspecified atom stereocenters. The molecule has 0 atom stereocenters. The summed E-state index contributed by atoms with van der Waals surface area (Å²) >= 11 is 0. The summed E-state index contributed by atoms with van der Waals surface area (Å²) in [6.07, 6.45) is 3.97. The Morgan fingerprint density at radius 2 is 1.88 bits per heavy atom. The molecule has 0 saturated carbocycles. The van der Waals surface area contributed by atoms with Gasteiger partial charge in [-0.15, -0.1) is 0 Å². The average Bonchev–Trinajstić information content (AvgIpc) is 3.07. The molecule has 5 nitrogen and oxygen atoms in total. The van der Waals surface area contributed by atoms with E-state index in [9.17, 15) is 4.79 Å². The van der Waals surface area contributed by atoms with Crippen LogP contribution < -0.4 is 20.3 Å². The number of hydrogen-bond donors (Lipinski definition) is 2. The van der Waals surface area contributed by atoms with E-state index in [1.54, 1.807) is 6.08 Å². The number of allylic oxidation sites excluding steroid dienone is 1. The molecule has 0 saturated heterocycles. The SMILES string of the molecule is C=C(/C=C/c1ccc2c(c1)OCO2)NNC(=O)Cc1ccccc1. The highest BCUT2D eigenvalue weighted by Gasteiger charge is 2.12. The van der Waals surface area contributed by atoms with Gasteiger partial charge < -0.3 is 9.47 Å². The van der Waals surface area contributed by atoms with Gasteiger partial charge in [0, 0.05) is 5.70 Å². The number of fused-ring (bicyclic) bond motifs is 1. The van der Waals surface area contributed by atoms with Gasteiger partial charge in [-0.3, -0.25) is 15.6 Å². The van der Waals surface area contributed by atoms with Crippen molar-refractivity contribution < 1.29 is 14.3 Å². The van der Waals surface area contributed by atoms with Gasteiger partial charge in [0.05, 0.1) is 6.42 Å². The lowest BCUT2D eigenvalue weighted by Gasteiger charge is -2.08. The van der Waals surface area contributed by atoms with Crippen LogP contribution in [-0.2, 0) is 11.2 Å². The summed E-state index contributed by atoms with van der Waals surface area (Å²) in [5.41, 5.74) is 7.90. The number of carbonyl (C=O) groups is 1. The van der Waals surface area contributed by atoms with Crippen LogP contribution in [0.25, 0.3) is 6.08 Å². The zero-order chi connectivity index (χ0) is 16.8. The fourth-order valence-corrected chi connectivity index (χ4v) is 2.23. The molecule has 0 radical (unpaired) electrons. The van der Waals surface area contributed by atoms with Crippen LogP contribution in [0.15, 0.2) is 66.9 Å². The average molecular weight is 322 g/mol. The Morgan fingerprint density at radius 3 is 2.71 bits per heavy atom. The quantitative estimate of drug-likeness (QED) is 0.634. The summed E-state index contributed by atoms with van der Waals surface area (Å²) in [6, 6.07) is 15.2. The topological polar surface area (TPSA) is 59.6 Å². The molecule has 2 aromatic carbocycles. The molecular formula is C19H18N2O3. The predicted octanol–water partition coefficient (Wildman–Crippen LogP) is 2.81. The number of carbonyl (C=O) groups excluding carboxylic acids is 1. The fourth-order valence-electron chi connectivity index (χ4n) is 2.23. The number of ether oxygens (including phenoxy) is 2. The van der Waals surface area contributed by atoms with E-state index in [4.69, 9.17) is 9.47 Å². The van der Waals surface area contributed by atoms with Crippen LogP contribution in [0.5, 0.6) is 11.5 Å². The highest BCUT2D eigenvalue weighted by molar-refractivity contribution is 5.78. The van der Waals surface area contributed by atoms with E-state index in [2.05, 4.69) is 17.4 Å². The predicted molar refractivity (Wildman–Crippen MR) is 92.2 cm³/mol. The first kappa shape index (κ1) is 15.7. The van der Waals surface area contributed by atoms with Crippen molar-refractivity contribution in [2.75, 3.05) is 6.79 Å². The Hall–Kier alpha value is -3.21. The minimum absolute atomic E-state index is 0.126. The molecular weight excluding hydrogens is 304 g/mol. The first-order chi connectivity index (χ1) is 11.7. The van der Waals surface area contributed by atoms with Crippen molar-refractivity contribution in [1.82, 2.24) is 10.9 Å². The maximum atomic E-state index is 11.8. The Bertz CT molecular complexity index is 769. The van der Waals surface area contributed by atoms with Crippen molar-refractivity contribution >= 4 is 12.0 Å². The Balaban J connectivity index is 1.48. The molecule has 0 aliphatic carbocycles. The molecule has 1 aliphatic rings. The van der Waals surface area contributed by atoms with Gasteiger partial charge in [0.15, 0.2) is 11.5 Å². The third-order valence-electron chi connectivity index (χ3n) is 3.44. The second-order valence-corrected chi connectivity index (χ2v) is 5.31. The van der Waals surface area contributed by atoms with E-state index >= 15 is 0 Å². The van der Waals surface area contributed by atoms with Crippen molar-refractivity contribution in [2.24, 2.45) is 0 Å². The lowest BCUT2D eigenvalue weighted by atomic mass is 10.1. The van der Waals surface area contributed by atoms with Crippen molar-refractivity contribution in [3.63, 3.8) is 0 Å². The molecule has 1 aliphatic heterocycles. The number of amides is 1. The molecule has 0 spiro atoms. The minimum atomic E-state index is -0.126. The van der Waals surface area contributed by atoms with Gasteiger partial charge in [0.2, 0.25) is 12.7 Å². The molecule has 122 valence electrons. The molecule has 1 amide bonds. The molecule has 0 fully saturated rings. The summed E-state index contributed by atoms with van der Waals surface area (Å²) in [5.74, 6) is 1.35. The first-order valence-electron chi connectivity index (χ1n) is 7.56. The van der Waals surface area contributed by atoms with Crippen LogP contribution in [0.2, 0.25) is 0 Å². The Morgan fingerprint density at radius 1 is 1.08 bits per heavy atom. The summed E-state index contributed by atoms with van der Waals surface area (Å²) < 4.78 is 10.6. The van der Waals surface area contributed by atoms with Gasteiger partial charge >= 0.3 is 0 Å². The molecule has 0 bridgehead atoms. The number of hydrogen-bond acceptors (Lipinski definition) is 4. The second-order valence-electron chi connectivity index (χ2n) is 5.31. The van der Waals surface area contributed by atoms with Crippen LogP contribution in [-0.4, -0.2) is 12.7 Å². The Labute approximate surface area is 140 Å². The maximum absolute atomic E-state index is 11.8. The van der Waals surface area contributed by atoms with Gasteiger partial charge in [-0.2, -0.15) is 0 Å². The molecule has 2 aromatic rings. The first-order valence-corrected chi connectivity index (χ1v) is 7.56. The van der Waals surface area contributed by atoms with Crippen molar-refractivity contribution in [3.8, 4) is 11.5 Å². The summed E-state index contributed by atoms with van der Waals surface area (Å²) in [7, 11) is 0. The number of hydrazine groups is 1. The fraction of sp³-hybridized carbons (Fsp3) is 0.105. The summed E-state index contributed by atoms with van der Waals surface area (Å²) in [6.45, 7) is 4.11. The summed E-state index contributed by atoms with van der Waals surface area (Å²) in [5, 5.41) is 0. The smallest absolute Gasteiger partial charge is 0.242 e. The minimum Gasteiger partial charge on any atom is -0.454 e. The van der Waals surface area contributed by atoms with Crippen molar-refractivity contribution in [3.05, 3.63) is 78.0 Å². The standard InChI is InChI=1S/C19H18N2O3/c1-14(20-21-19(22)12-15-5-3-2-4-6-15)7-8-16-9-10-17-18(11-16)24-13-23-17/h2-11,20H,1,12-13H2,(H,21,22)/b8-7+. The highest BCUT2D eigenvalue weighted by Crippen LogP contribution is 2.32. The third-order valence-corrected chi connectivity index (χ3v) is 3.44. The Kier molecular flexibility index (Phi) is 4.81. The van der Waals surface area contributed by atoms with Gasteiger partial charge in [-0.25, -0.2) is 0 Å². The van der Waals surface area contributed by atoms with Crippen LogP contribution in [0.3, 0.4) is 0 Å². The molecule has 3 rings (SSSR count). The van der Waals surface area contributed by atoms with Crippen LogP contribution in [0.4, 0.5) is 0 Å². The van der Waals surface area contributed by atoms with E-state index < -0.39 is 0 Å².